The summed E-state index contributed by atoms with van der Waals surface area (Å²) in [6, 6.07) is 7.43. The molecule has 1 aromatic rings. The first-order valence-corrected chi connectivity index (χ1v) is 8.25. The molecule has 1 saturated carbocycles. The van der Waals surface area contributed by atoms with Crippen molar-refractivity contribution in [2.75, 3.05) is 11.9 Å². The molecule has 0 aliphatic heterocycles. The third kappa shape index (κ3) is 4.84. The van der Waals surface area contributed by atoms with Crippen molar-refractivity contribution in [3.8, 4) is 0 Å². The average Bonchev–Trinajstić information content (AvgIpc) is 3.26. The van der Waals surface area contributed by atoms with Gasteiger partial charge in [-0.15, -0.1) is 0 Å². The van der Waals surface area contributed by atoms with Gasteiger partial charge in [-0.1, -0.05) is 35.7 Å². The Morgan fingerprint density at radius 3 is 2.48 bits per heavy atom. The van der Waals surface area contributed by atoms with Crippen LogP contribution in [0.2, 0.25) is 0 Å². The van der Waals surface area contributed by atoms with Gasteiger partial charge in [0.1, 0.15) is 0 Å². The molecule has 0 saturated heterocycles. The standard InChI is InChI=1S/C16H21BrN2O2/c1-2-3-4-9-18-15(20)13-10-14(13)16(21)19-12-7-5-11(17)6-8-12/h5-8,13-14H,2-4,9-10H2,1H3,(H,18,20)(H,19,21). The van der Waals surface area contributed by atoms with Gasteiger partial charge in [0.2, 0.25) is 11.8 Å². The predicted octanol–water partition coefficient (Wildman–Crippen LogP) is 3.33. The van der Waals surface area contributed by atoms with E-state index in [1.807, 2.05) is 24.3 Å². The molecule has 2 N–H and O–H groups in total. The van der Waals surface area contributed by atoms with Crippen molar-refractivity contribution in [2.45, 2.75) is 32.6 Å². The number of nitrogens with one attached hydrogen (secondary N) is 2. The first kappa shape index (κ1) is 16.0. The maximum absolute atomic E-state index is 12.0. The van der Waals surface area contributed by atoms with E-state index in [1.165, 1.54) is 0 Å². The largest absolute Gasteiger partial charge is 0.356 e. The molecule has 2 amide bonds. The number of rotatable bonds is 7. The Kier molecular flexibility index (Phi) is 5.79. The van der Waals surface area contributed by atoms with E-state index >= 15 is 0 Å². The first-order chi connectivity index (χ1) is 10.1. The van der Waals surface area contributed by atoms with Gasteiger partial charge in [-0.3, -0.25) is 9.59 Å². The molecule has 0 spiro atoms. The zero-order valence-electron chi connectivity index (χ0n) is 12.2. The Balaban J connectivity index is 1.73. The summed E-state index contributed by atoms with van der Waals surface area (Å²) < 4.78 is 0.969. The number of carbonyl (C=O) groups is 2. The monoisotopic (exact) mass is 352 g/mol. The fourth-order valence-electron chi connectivity index (χ4n) is 2.26. The number of carbonyl (C=O) groups excluding carboxylic acids is 2. The highest BCUT2D eigenvalue weighted by molar-refractivity contribution is 9.10. The van der Waals surface area contributed by atoms with Gasteiger partial charge in [0, 0.05) is 16.7 Å². The fourth-order valence-corrected chi connectivity index (χ4v) is 2.52. The van der Waals surface area contributed by atoms with E-state index < -0.39 is 0 Å². The van der Waals surface area contributed by atoms with E-state index in [-0.39, 0.29) is 23.7 Å². The van der Waals surface area contributed by atoms with Crippen molar-refractivity contribution < 1.29 is 9.59 Å². The molecule has 1 aromatic carbocycles. The molecule has 1 aliphatic rings. The molecule has 1 fully saturated rings. The molecule has 5 heteroatoms. The summed E-state index contributed by atoms with van der Waals surface area (Å²) in [5.41, 5.74) is 0.761. The van der Waals surface area contributed by atoms with Crippen LogP contribution in [-0.4, -0.2) is 18.4 Å². The van der Waals surface area contributed by atoms with Crippen molar-refractivity contribution in [1.29, 1.82) is 0 Å². The van der Waals surface area contributed by atoms with Gasteiger partial charge in [0.05, 0.1) is 11.8 Å². The van der Waals surface area contributed by atoms with Crippen LogP contribution in [0.15, 0.2) is 28.7 Å². The van der Waals surface area contributed by atoms with Crippen molar-refractivity contribution in [3.63, 3.8) is 0 Å². The van der Waals surface area contributed by atoms with E-state index in [2.05, 4.69) is 33.5 Å². The van der Waals surface area contributed by atoms with Gasteiger partial charge in [-0.05, 0) is 37.1 Å². The van der Waals surface area contributed by atoms with E-state index in [0.29, 0.717) is 13.0 Å². The summed E-state index contributed by atoms with van der Waals surface area (Å²) in [5.74, 6) is -0.380. The zero-order valence-corrected chi connectivity index (χ0v) is 13.8. The lowest BCUT2D eigenvalue weighted by atomic mass is 10.2. The summed E-state index contributed by atoms with van der Waals surface area (Å²) >= 11 is 3.35. The lowest BCUT2D eigenvalue weighted by molar-refractivity contribution is -0.125. The summed E-state index contributed by atoms with van der Waals surface area (Å²) in [6.45, 7) is 2.84. The molecule has 2 atom stereocenters. The second kappa shape index (κ2) is 7.59. The summed E-state index contributed by atoms with van der Waals surface area (Å²) in [7, 11) is 0. The lowest BCUT2D eigenvalue weighted by Gasteiger charge is -2.06. The Labute approximate surface area is 133 Å². The smallest absolute Gasteiger partial charge is 0.228 e. The van der Waals surface area contributed by atoms with Crippen molar-refractivity contribution in [3.05, 3.63) is 28.7 Å². The second-order valence-electron chi connectivity index (χ2n) is 5.44. The number of amides is 2. The molecule has 4 nitrogen and oxygen atoms in total. The minimum Gasteiger partial charge on any atom is -0.356 e. The average molecular weight is 353 g/mol. The second-order valence-corrected chi connectivity index (χ2v) is 6.36. The zero-order chi connectivity index (χ0) is 15.2. The number of unbranched alkanes of at least 4 members (excludes halogenated alkanes) is 2. The van der Waals surface area contributed by atoms with Gasteiger partial charge in [0.25, 0.3) is 0 Å². The van der Waals surface area contributed by atoms with Crippen LogP contribution in [0.5, 0.6) is 0 Å². The van der Waals surface area contributed by atoms with E-state index in [4.69, 9.17) is 0 Å². The lowest BCUT2D eigenvalue weighted by Crippen LogP contribution is -2.28. The van der Waals surface area contributed by atoms with E-state index in [0.717, 1.165) is 29.4 Å². The minimum atomic E-state index is -0.181. The molecule has 1 aliphatic carbocycles. The molecular formula is C16H21BrN2O2. The van der Waals surface area contributed by atoms with Crippen LogP contribution in [0.3, 0.4) is 0 Å². The molecule has 0 heterocycles. The summed E-state index contributed by atoms with van der Waals surface area (Å²) in [4.78, 5) is 23.9. The van der Waals surface area contributed by atoms with Gasteiger partial charge < -0.3 is 10.6 Å². The fraction of sp³-hybridized carbons (Fsp3) is 0.500. The maximum Gasteiger partial charge on any atom is 0.228 e. The number of anilines is 1. The predicted molar refractivity (Wildman–Crippen MR) is 86.9 cm³/mol. The Bertz CT molecular complexity index is 502. The normalized spacial score (nSPS) is 19.9. The van der Waals surface area contributed by atoms with Gasteiger partial charge in [-0.25, -0.2) is 0 Å². The third-order valence-corrected chi connectivity index (χ3v) is 4.18. The Morgan fingerprint density at radius 2 is 1.81 bits per heavy atom. The van der Waals surface area contributed by atoms with Crippen LogP contribution in [0.4, 0.5) is 5.69 Å². The molecule has 2 unspecified atom stereocenters. The van der Waals surface area contributed by atoms with Crippen LogP contribution in [0, 0.1) is 11.8 Å². The highest BCUT2D eigenvalue weighted by Crippen LogP contribution is 2.39. The SMILES string of the molecule is CCCCCNC(=O)C1CC1C(=O)Nc1ccc(Br)cc1. The third-order valence-electron chi connectivity index (χ3n) is 3.66. The first-order valence-electron chi connectivity index (χ1n) is 7.46. The van der Waals surface area contributed by atoms with Crippen molar-refractivity contribution >= 4 is 33.4 Å². The van der Waals surface area contributed by atoms with Crippen molar-refractivity contribution in [2.24, 2.45) is 11.8 Å². The molecular weight excluding hydrogens is 332 g/mol. The molecule has 114 valence electrons. The summed E-state index contributed by atoms with van der Waals surface area (Å²) in [5, 5.41) is 5.76. The van der Waals surface area contributed by atoms with Crippen molar-refractivity contribution in [1.82, 2.24) is 5.32 Å². The minimum absolute atomic E-state index is 0.0158. The maximum atomic E-state index is 12.0. The number of hydrogen-bond acceptors (Lipinski definition) is 2. The Hall–Kier alpha value is -1.36. The van der Waals surface area contributed by atoms with Gasteiger partial charge in [-0.2, -0.15) is 0 Å². The van der Waals surface area contributed by atoms with Crippen LogP contribution in [-0.2, 0) is 9.59 Å². The van der Waals surface area contributed by atoms with Gasteiger partial charge in [0.15, 0.2) is 0 Å². The molecule has 21 heavy (non-hydrogen) atoms. The van der Waals surface area contributed by atoms with Crippen LogP contribution in [0.25, 0.3) is 0 Å². The topological polar surface area (TPSA) is 58.2 Å². The molecule has 0 aromatic heterocycles. The number of halogens is 1. The molecule has 0 radical (unpaired) electrons. The highest BCUT2D eigenvalue weighted by atomic mass is 79.9. The van der Waals surface area contributed by atoms with Gasteiger partial charge >= 0.3 is 0 Å². The van der Waals surface area contributed by atoms with Crippen LogP contribution in [0.1, 0.15) is 32.6 Å². The van der Waals surface area contributed by atoms with Crippen LogP contribution < -0.4 is 10.6 Å². The highest BCUT2D eigenvalue weighted by Gasteiger charge is 2.47. The molecule has 2 rings (SSSR count). The number of benzene rings is 1. The van der Waals surface area contributed by atoms with Crippen LogP contribution >= 0.6 is 15.9 Å². The quantitative estimate of drug-likeness (QED) is 0.739. The number of hydrogen-bond donors (Lipinski definition) is 2. The Morgan fingerprint density at radius 1 is 1.14 bits per heavy atom. The summed E-state index contributed by atoms with van der Waals surface area (Å²) in [6.07, 6.45) is 3.92. The van der Waals surface area contributed by atoms with E-state index in [1.54, 1.807) is 0 Å². The molecule has 0 bridgehead atoms. The van der Waals surface area contributed by atoms with E-state index in [9.17, 15) is 9.59 Å².